The van der Waals surface area contributed by atoms with Gasteiger partial charge in [-0.15, -0.1) is 0 Å². The molecule has 2 N–H and O–H groups in total. The summed E-state index contributed by atoms with van der Waals surface area (Å²) in [5, 5.41) is 13.4. The number of pyridine rings is 1. The summed E-state index contributed by atoms with van der Waals surface area (Å²) in [6.07, 6.45) is 4.55. The van der Waals surface area contributed by atoms with Gasteiger partial charge in [0.1, 0.15) is 5.75 Å². The first-order valence-corrected chi connectivity index (χ1v) is 7.08. The number of aromatic hydroxyl groups is 1. The first-order valence-electron chi connectivity index (χ1n) is 5.49. The second-order valence-corrected chi connectivity index (χ2v) is 5.48. The molecule has 1 amide bonds. The molecule has 0 aliphatic carbocycles. The Hall–Kier alpha value is -1.73. The van der Waals surface area contributed by atoms with Gasteiger partial charge in [-0.2, -0.15) is 5.10 Å². The van der Waals surface area contributed by atoms with E-state index in [1.807, 2.05) is 0 Å². The fourth-order valence-electron chi connectivity index (χ4n) is 1.39. The third kappa shape index (κ3) is 3.64. The van der Waals surface area contributed by atoms with Crippen LogP contribution in [0.3, 0.4) is 0 Å². The van der Waals surface area contributed by atoms with E-state index in [0.29, 0.717) is 14.5 Å². The molecular weight excluding hydrogens is 390 g/mol. The van der Waals surface area contributed by atoms with Gasteiger partial charge in [0.25, 0.3) is 5.91 Å². The molecule has 5 nitrogen and oxygen atoms in total. The van der Waals surface area contributed by atoms with Gasteiger partial charge < -0.3 is 5.11 Å². The van der Waals surface area contributed by atoms with E-state index in [9.17, 15) is 9.90 Å². The van der Waals surface area contributed by atoms with Crippen LogP contribution in [-0.2, 0) is 0 Å². The number of nitrogens with zero attached hydrogens (tertiary/aromatic N) is 2. The predicted molar refractivity (Wildman–Crippen MR) is 82.8 cm³/mol. The summed E-state index contributed by atoms with van der Waals surface area (Å²) in [5.41, 5.74) is 3.61. The molecule has 1 aromatic carbocycles. The molecule has 0 bridgehead atoms. The smallest absolute Gasteiger partial charge is 0.271 e. The lowest BCUT2D eigenvalue weighted by atomic mass is 10.2. The lowest BCUT2D eigenvalue weighted by molar-refractivity contribution is 0.0955. The summed E-state index contributed by atoms with van der Waals surface area (Å²) < 4.78 is 1.07. The Morgan fingerprint density at radius 2 is 1.85 bits per heavy atom. The Bertz CT molecular complexity index is 637. The molecule has 0 atom stereocenters. The van der Waals surface area contributed by atoms with Gasteiger partial charge in [-0.25, -0.2) is 5.43 Å². The van der Waals surface area contributed by atoms with Gasteiger partial charge in [-0.1, -0.05) is 0 Å². The van der Waals surface area contributed by atoms with E-state index < -0.39 is 0 Å². The quantitative estimate of drug-likeness (QED) is 0.616. The van der Waals surface area contributed by atoms with Crippen LogP contribution < -0.4 is 5.43 Å². The van der Waals surface area contributed by atoms with Gasteiger partial charge in [0.05, 0.1) is 15.2 Å². The molecule has 0 saturated carbocycles. The summed E-state index contributed by atoms with van der Waals surface area (Å²) in [6, 6.07) is 6.56. The molecule has 0 aliphatic heterocycles. The normalized spacial score (nSPS) is 10.7. The standard InChI is InChI=1S/C13H9Br2N3O2/c14-10-5-8(6-11(15)12(10)19)7-17-18-13(20)9-1-3-16-4-2-9/h1-7,19H,(H,18,20)/b17-7+. The molecule has 0 fully saturated rings. The molecule has 0 unspecified atom stereocenters. The fraction of sp³-hybridized carbons (Fsp3) is 0. The van der Waals surface area contributed by atoms with Gasteiger partial charge in [0.15, 0.2) is 0 Å². The first-order chi connectivity index (χ1) is 9.58. The third-order valence-corrected chi connectivity index (χ3v) is 3.57. The van der Waals surface area contributed by atoms with E-state index in [4.69, 9.17) is 0 Å². The van der Waals surface area contributed by atoms with Crippen LogP contribution in [-0.4, -0.2) is 22.2 Å². The van der Waals surface area contributed by atoms with E-state index in [1.54, 1.807) is 24.3 Å². The molecule has 2 rings (SSSR count). The first kappa shape index (κ1) is 14.7. The van der Waals surface area contributed by atoms with Crippen LogP contribution in [0.2, 0.25) is 0 Å². The minimum absolute atomic E-state index is 0.114. The van der Waals surface area contributed by atoms with E-state index in [-0.39, 0.29) is 11.7 Å². The number of nitrogens with one attached hydrogen (secondary N) is 1. The van der Waals surface area contributed by atoms with E-state index in [0.717, 1.165) is 5.56 Å². The molecule has 20 heavy (non-hydrogen) atoms. The molecule has 1 heterocycles. The van der Waals surface area contributed by atoms with Crippen molar-refractivity contribution in [2.24, 2.45) is 5.10 Å². The highest BCUT2D eigenvalue weighted by atomic mass is 79.9. The number of hydrazone groups is 1. The van der Waals surface area contributed by atoms with E-state index >= 15 is 0 Å². The number of amides is 1. The maximum absolute atomic E-state index is 11.7. The van der Waals surface area contributed by atoms with Crippen LogP contribution >= 0.6 is 31.9 Å². The fourth-order valence-corrected chi connectivity index (χ4v) is 2.61. The third-order valence-electron chi connectivity index (χ3n) is 2.36. The molecule has 0 saturated heterocycles. The zero-order chi connectivity index (χ0) is 14.5. The Morgan fingerprint density at radius 1 is 1.25 bits per heavy atom. The minimum atomic E-state index is -0.319. The summed E-state index contributed by atoms with van der Waals surface area (Å²) in [5.74, 6) is -0.205. The number of halogens is 2. The Morgan fingerprint density at radius 3 is 2.45 bits per heavy atom. The van der Waals surface area contributed by atoms with E-state index in [1.165, 1.54) is 18.6 Å². The second kappa shape index (κ2) is 6.62. The van der Waals surface area contributed by atoms with Crippen molar-refractivity contribution in [2.75, 3.05) is 0 Å². The lowest BCUT2D eigenvalue weighted by Crippen LogP contribution is -2.17. The number of benzene rings is 1. The van der Waals surface area contributed by atoms with Crippen LogP contribution in [0, 0.1) is 0 Å². The zero-order valence-electron chi connectivity index (χ0n) is 10.0. The summed E-state index contributed by atoms with van der Waals surface area (Å²) in [7, 11) is 0. The number of phenolic OH excluding ortho intramolecular Hbond substituents is 1. The highest BCUT2D eigenvalue weighted by Crippen LogP contribution is 2.32. The van der Waals surface area contributed by atoms with Crippen molar-refractivity contribution in [3.05, 3.63) is 56.7 Å². The molecule has 0 radical (unpaired) electrons. The maximum atomic E-state index is 11.7. The van der Waals surface area contributed by atoms with Crippen molar-refractivity contribution in [2.45, 2.75) is 0 Å². The van der Waals surface area contributed by atoms with Crippen molar-refractivity contribution in [3.8, 4) is 5.75 Å². The summed E-state index contributed by atoms with van der Waals surface area (Å²) in [4.78, 5) is 15.5. The van der Waals surface area contributed by atoms with Crippen LogP contribution in [0.1, 0.15) is 15.9 Å². The number of aromatic nitrogens is 1. The molecule has 102 valence electrons. The van der Waals surface area contributed by atoms with Gasteiger partial charge in [0.2, 0.25) is 0 Å². The number of hydrogen-bond acceptors (Lipinski definition) is 4. The Labute approximate surface area is 132 Å². The Kier molecular flexibility index (Phi) is 4.86. The Balaban J connectivity index is 2.06. The lowest BCUT2D eigenvalue weighted by Gasteiger charge is -2.02. The van der Waals surface area contributed by atoms with Crippen LogP contribution in [0.15, 0.2) is 50.7 Å². The largest absolute Gasteiger partial charge is 0.506 e. The predicted octanol–water partition coefficient (Wildman–Crippen LogP) is 3.08. The SMILES string of the molecule is O=C(N/N=C/c1cc(Br)c(O)c(Br)c1)c1ccncc1. The maximum Gasteiger partial charge on any atom is 0.271 e. The molecule has 1 aromatic heterocycles. The van der Waals surface area contributed by atoms with Crippen LogP contribution in [0.4, 0.5) is 0 Å². The van der Waals surface area contributed by atoms with Crippen LogP contribution in [0.5, 0.6) is 5.75 Å². The minimum Gasteiger partial charge on any atom is -0.506 e. The average molecular weight is 399 g/mol. The molecule has 0 aliphatic rings. The number of carbonyl (C=O) groups excluding carboxylic acids is 1. The molecule has 7 heteroatoms. The van der Waals surface area contributed by atoms with Crippen molar-refractivity contribution in [3.63, 3.8) is 0 Å². The molecular formula is C13H9Br2N3O2. The van der Waals surface area contributed by atoms with Gasteiger partial charge >= 0.3 is 0 Å². The monoisotopic (exact) mass is 397 g/mol. The van der Waals surface area contributed by atoms with Crippen molar-refractivity contribution >= 4 is 44.0 Å². The van der Waals surface area contributed by atoms with Crippen molar-refractivity contribution < 1.29 is 9.90 Å². The molecule has 2 aromatic rings. The number of hydrogen-bond donors (Lipinski definition) is 2. The summed E-state index contributed by atoms with van der Waals surface area (Å²) in [6.45, 7) is 0. The number of rotatable bonds is 3. The summed E-state index contributed by atoms with van der Waals surface area (Å²) >= 11 is 6.44. The van der Waals surface area contributed by atoms with E-state index in [2.05, 4.69) is 47.4 Å². The van der Waals surface area contributed by atoms with Gasteiger partial charge in [-0.05, 0) is 61.7 Å². The zero-order valence-corrected chi connectivity index (χ0v) is 13.2. The van der Waals surface area contributed by atoms with Crippen molar-refractivity contribution in [1.82, 2.24) is 10.4 Å². The van der Waals surface area contributed by atoms with Crippen molar-refractivity contribution in [1.29, 1.82) is 0 Å². The second-order valence-electron chi connectivity index (χ2n) is 3.77. The number of phenols is 1. The highest BCUT2D eigenvalue weighted by Gasteiger charge is 2.05. The highest BCUT2D eigenvalue weighted by molar-refractivity contribution is 9.11. The topological polar surface area (TPSA) is 74.6 Å². The average Bonchev–Trinajstić information content (AvgIpc) is 2.45. The van der Waals surface area contributed by atoms with Crippen LogP contribution in [0.25, 0.3) is 0 Å². The number of carbonyl (C=O) groups is 1. The molecule has 0 spiro atoms. The van der Waals surface area contributed by atoms with Gasteiger partial charge in [0, 0.05) is 18.0 Å². The van der Waals surface area contributed by atoms with Gasteiger partial charge in [-0.3, -0.25) is 9.78 Å².